The summed E-state index contributed by atoms with van der Waals surface area (Å²) in [6.07, 6.45) is 1.55. The first kappa shape index (κ1) is 46.2. The molecule has 2 aliphatic rings. The van der Waals surface area contributed by atoms with E-state index in [0.717, 1.165) is 22.5 Å². The molecule has 5 aromatic rings. The topological polar surface area (TPSA) is 162 Å². The van der Waals surface area contributed by atoms with Crippen LogP contribution in [0.1, 0.15) is 48.7 Å². The molecule has 16 heteroatoms. The van der Waals surface area contributed by atoms with Crippen molar-refractivity contribution < 1.29 is 29.0 Å². The van der Waals surface area contributed by atoms with E-state index in [1.807, 2.05) is 85.2 Å². The van der Waals surface area contributed by atoms with E-state index < -0.39 is 47.9 Å². The van der Waals surface area contributed by atoms with Gasteiger partial charge in [-0.25, -0.2) is 0 Å². The van der Waals surface area contributed by atoms with Gasteiger partial charge in [0.2, 0.25) is 23.6 Å². The molecular formula is C48H54Cl2N8O6. The van der Waals surface area contributed by atoms with E-state index >= 15 is 0 Å². The summed E-state index contributed by atoms with van der Waals surface area (Å²) in [5.74, 6) is -0.390. The van der Waals surface area contributed by atoms with Crippen molar-refractivity contribution in [1.82, 2.24) is 40.1 Å². The molecule has 7 rings (SSSR count). The van der Waals surface area contributed by atoms with Gasteiger partial charge in [0.15, 0.2) is 5.82 Å². The number of benzene rings is 4. The minimum absolute atomic E-state index is 0.109. The molecule has 14 nitrogen and oxygen atoms in total. The smallest absolute Gasteiger partial charge is 0.245 e. The van der Waals surface area contributed by atoms with Gasteiger partial charge >= 0.3 is 0 Å². The number of halogens is 2. The molecule has 0 aliphatic carbocycles. The summed E-state index contributed by atoms with van der Waals surface area (Å²) in [6.45, 7) is 1.98. The lowest BCUT2D eigenvalue weighted by Crippen LogP contribution is -2.65. The second-order valence-electron chi connectivity index (χ2n) is 17.1. The molecule has 4 atom stereocenters. The van der Waals surface area contributed by atoms with Crippen molar-refractivity contribution in [3.05, 3.63) is 130 Å². The Balaban J connectivity index is 1.20. The maximum absolute atomic E-state index is 14.9. The van der Waals surface area contributed by atoms with Crippen LogP contribution in [-0.2, 0) is 52.2 Å². The molecule has 1 aromatic heterocycles. The summed E-state index contributed by atoms with van der Waals surface area (Å²) < 4.78 is 8.36. The van der Waals surface area contributed by atoms with Crippen LogP contribution in [-0.4, -0.2) is 110 Å². The number of carbonyl (C=O) groups is 4. The lowest BCUT2D eigenvalue weighted by Gasteiger charge is -2.45. The lowest BCUT2D eigenvalue weighted by molar-refractivity contribution is -0.147. The molecule has 64 heavy (non-hydrogen) atoms. The molecule has 2 fully saturated rings. The highest BCUT2D eigenvalue weighted by Crippen LogP contribution is 2.33. The maximum Gasteiger partial charge on any atom is 0.245 e. The number of ether oxygens (including phenoxy) is 1. The largest absolute Gasteiger partial charge is 0.457 e. The van der Waals surface area contributed by atoms with E-state index in [1.165, 1.54) is 4.90 Å². The van der Waals surface area contributed by atoms with Crippen LogP contribution in [0.25, 0.3) is 11.4 Å². The summed E-state index contributed by atoms with van der Waals surface area (Å²) >= 11 is 12.7. The van der Waals surface area contributed by atoms with Crippen molar-refractivity contribution in [3.8, 4) is 22.9 Å². The van der Waals surface area contributed by atoms with Gasteiger partial charge in [0.25, 0.3) is 0 Å². The van der Waals surface area contributed by atoms with Crippen LogP contribution in [0.2, 0.25) is 10.0 Å². The van der Waals surface area contributed by atoms with Gasteiger partial charge in [0, 0.05) is 47.7 Å². The number of nitrogens with zero attached hydrogens (tertiary/aromatic N) is 6. The Labute approximate surface area is 383 Å². The molecule has 2 aliphatic heterocycles. The van der Waals surface area contributed by atoms with Crippen LogP contribution in [0.5, 0.6) is 11.5 Å². The number of fused-ring (bicyclic) bond motifs is 2. The summed E-state index contributed by atoms with van der Waals surface area (Å²) in [6, 6.07) is 26.7. The van der Waals surface area contributed by atoms with Crippen molar-refractivity contribution in [2.45, 2.75) is 69.7 Å². The number of hydrogen-bond donors (Lipinski definition) is 3. The normalized spacial score (nSPS) is 21.1. The third-order valence-electron chi connectivity index (χ3n) is 11.9. The SMILES string of the molecule is C[C@H]1C(=O)N[C@@H](CO)C(=O)N[C@@]2(Cc3ccc(Cl)cc3)CCCN(C2)C(=O)[C@H](Cc2ccccc2)CC(=O)N1Cc1ccc(Cl)cc1Oc1ccc(-c2nnc(CN(C)C)n2C)cc1. The fourth-order valence-electron chi connectivity index (χ4n) is 8.52. The molecule has 4 amide bonds. The number of hydrogen-bond acceptors (Lipinski definition) is 9. The van der Waals surface area contributed by atoms with Gasteiger partial charge < -0.3 is 39.7 Å². The Morgan fingerprint density at radius 1 is 0.891 bits per heavy atom. The van der Waals surface area contributed by atoms with E-state index in [0.29, 0.717) is 65.3 Å². The Morgan fingerprint density at radius 2 is 1.61 bits per heavy atom. The zero-order valence-corrected chi connectivity index (χ0v) is 38.0. The van der Waals surface area contributed by atoms with Crippen molar-refractivity contribution in [3.63, 3.8) is 0 Å². The molecule has 2 saturated heterocycles. The Bertz CT molecular complexity index is 2450. The van der Waals surface area contributed by atoms with Crippen LogP contribution >= 0.6 is 23.2 Å². The van der Waals surface area contributed by atoms with Crippen LogP contribution in [0.3, 0.4) is 0 Å². The van der Waals surface area contributed by atoms with Crippen molar-refractivity contribution in [2.75, 3.05) is 33.8 Å². The average molecular weight is 910 g/mol. The van der Waals surface area contributed by atoms with Gasteiger partial charge in [0.05, 0.1) is 31.2 Å². The van der Waals surface area contributed by atoms with Crippen LogP contribution < -0.4 is 15.4 Å². The minimum atomic E-state index is -1.34. The van der Waals surface area contributed by atoms with Crippen molar-refractivity contribution in [2.24, 2.45) is 13.0 Å². The summed E-state index contributed by atoms with van der Waals surface area (Å²) in [5, 5.41) is 26.1. The Hall–Kier alpha value is -5.80. The zero-order valence-electron chi connectivity index (χ0n) is 36.5. The van der Waals surface area contributed by atoms with Gasteiger partial charge in [-0.05, 0) is 106 Å². The minimum Gasteiger partial charge on any atom is -0.457 e. The van der Waals surface area contributed by atoms with E-state index in [-0.39, 0.29) is 31.8 Å². The molecule has 2 bridgehead atoms. The molecule has 4 aromatic carbocycles. The second kappa shape index (κ2) is 20.4. The first-order valence-corrected chi connectivity index (χ1v) is 22.2. The average Bonchev–Trinajstić information content (AvgIpc) is 3.63. The maximum atomic E-state index is 14.9. The van der Waals surface area contributed by atoms with E-state index in [4.69, 9.17) is 27.9 Å². The molecule has 0 saturated carbocycles. The number of carbonyl (C=O) groups excluding carboxylic acids is 4. The molecule has 0 unspecified atom stereocenters. The number of aliphatic hydroxyl groups is 1. The number of amides is 4. The van der Waals surface area contributed by atoms with Crippen LogP contribution in [0.15, 0.2) is 97.1 Å². The highest BCUT2D eigenvalue weighted by Gasteiger charge is 2.43. The highest BCUT2D eigenvalue weighted by atomic mass is 35.5. The Kier molecular flexibility index (Phi) is 14.7. The standard InChI is InChI=1S/C48H54Cl2N8O6/c1-31-45(61)51-40(29-59)46(62)52-48(26-33-11-16-37(49)17-12-33)21-8-22-57(30-48)47(63)36(23-32-9-6-5-7-10-32)24-43(60)58(31)27-35-13-18-38(50)25-41(35)64-39-19-14-34(15-20-39)44-54-53-42(56(44)4)28-55(2)3/h5-7,9-20,25,31,36,40,59H,8,21-24,26-30H2,1-4H3,(H,51,61)(H,52,62)/t31-,36+,40-,48+/m0/s1. The van der Waals surface area contributed by atoms with Gasteiger partial charge in [-0.1, -0.05) is 71.7 Å². The number of nitrogens with one attached hydrogen (secondary N) is 2. The molecular weight excluding hydrogens is 855 g/mol. The number of piperidine rings is 1. The van der Waals surface area contributed by atoms with Crippen molar-refractivity contribution in [1.29, 1.82) is 0 Å². The van der Waals surface area contributed by atoms with Crippen LogP contribution in [0.4, 0.5) is 0 Å². The lowest BCUT2D eigenvalue weighted by atomic mass is 9.81. The van der Waals surface area contributed by atoms with E-state index in [1.54, 1.807) is 54.3 Å². The number of aromatic nitrogens is 3. The van der Waals surface area contributed by atoms with Gasteiger partial charge in [-0.15, -0.1) is 10.2 Å². The summed E-state index contributed by atoms with van der Waals surface area (Å²) in [5.41, 5.74) is 2.21. The predicted molar refractivity (Wildman–Crippen MR) is 244 cm³/mol. The molecule has 0 radical (unpaired) electrons. The summed E-state index contributed by atoms with van der Waals surface area (Å²) in [7, 11) is 5.85. The number of aliphatic hydroxyl groups excluding tert-OH is 1. The third kappa shape index (κ3) is 11.1. The first-order valence-electron chi connectivity index (χ1n) is 21.4. The molecule has 336 valence electrons. The van der Waals surface area contributed by atoms with Crippen LogP contribution in [0, 0.1) is 5.92 Å². The highest BCUT2D eigenvalue weighted by molar-refractivity contribution is 6.31. The fourth-order valence-corrected chi connectivity index (χ4v) is 8.81. The fraction of sp³-hybridized carbons (Fsp3) is 0.375. The van der Waals surface area contributed by atoms with E-state index in [9.17, 15) is 24.3 Å². The first-order chi connectivity index (χ1) is 30.7. The molecule has 3 N–H and O–H groups in total. The van der Waals surface area contributed by atoms with Crippen molar-refractivity contribution >= 4 is 46.8 Å². The van der Waals surface area contributed by atoms with Gasteiger partial charge in [-0.3, -0.25) is 19.2 Å². The quantitative estimate of drug-likeness (QED) is 0.140. The predicted octanol–water partition coefficient (Wildman–Crippen LogP) is 5.82. The van der Waals surface area contributed by atoms with Gasteiger partial charge in [-0.2, -0.15) is 0 Å². The second-order valence-corrected chi connectivity index (χ2v) is 18.0. The monoisotopic (exact) mass is 908 g/mol. The zero-order chi connectivity index (χ0) is 45.5. The number of rotatable bonds is 12. The third-order valence-corrected chi connectivity index (χ3v) is 12.4. The van der Waals surface area contributed by atoms with E-state index in [2.05, 4.69) is 20.8 Å². The van der Waals surface area contributed by atoms with Gasteiger partial charge in [0.1, 0.15) is 29.4 Å². The molecule has 0 spiro atoms. The summed E-state index contributed by atoms with van der Waals surface area (Å²) in [4.78, 5) is 63.2. The molecule has 3 heterocycles. The Morgan fingerprint density at radius 3 is 2.31 bits per heavy atom.